The Bertz CT molecular complexity index is 426. The van der Waals surface area contributed by atoms with Crippen LogP contribution in [0.5, 0.6) is 0 Å². The highest BCUT2D eigenvalue weighted by atomic mass is 32.1. The zero-order chi connectivity index (χ0) is 10.7. The minimum Gasteiger partial charge on any atom is -0.331 e. The van der Waals surface area contributed by atoms with E-state index in [1.807, 2.05) is 24.3 Å². The Morgan fingerprint density at radius 3 is 3.07 bits per heavy atom. The first-order valence-electron chi connectivity index (χ1n) is 4.63. The average molecular weight is 217 g/mol. The van der Waals surface area contributed by atoms with Crippen LogP contribution in [-0.4, -0.2) is 22.9 Å². The highest BCUT2D eigenvalue weighted by Crippen LogP contribution is 2.16. The van der Waals surface area contributed by atoms with Gasteiger partial charge < -0.3 is 5.32 Å². The van der Waals surface area contributed by atoms with E-state index >= 15 is 0 Å². The molecule has 76 valence electrons. The molecule has 1 aromatic rings. The SMILES string of the molecule is C=CCN1N=Cc2ccccc2NC1=S. The second-order valence-electron chi connectivity index (χ2n) is 3.13. The Morgan fingerprint density at radius 1 is 1.47 bits per heavy atom. The maximum atomic E-state index is 5.21. The monoisotopic (exact) mass is 217 g/mol. The van der Waals surface area contributed by atoms with Gasteiger partial charge >= 0.3 is 0 Å². The van der Waals surface area contributed by atoms with Crippen molar-refractivity contribution in [3.63, 3.8) is 0 Å². The van der Waals surface area contributed by atoms with Gasteiger partial charge in [-0.2, -0.15) is 5.10 Å². The molecular formula is C11H11N3S. The van der Waals surface area contributed by atoms with Gasteiger partial charge in [-0.25, -0.2) is 5.01 Å². The van der Waals surface area contributed by atoms with Crippen LogP contribution in [0, 0.1) is 0 Å². The van der Waals surface area contributed by atoms with Crippen LogP contribution < -0.4 is 5.32 Å². The number of hydrogen-bond donors (Lipinski definition) is 1. The predicted molar refractivity (Wildman–Crippen MR) is 67.2 cm³/mol. The van der Waals surface area contributed by atoms with Crippen LogP contribution in [0.3, 0.4) is 0 Å². The van der Waals surface area contributed by atoms with Crippen LogP contribution in [0.1, 0.15) is 5.56 Å². The van der Waals surface area contributed by atoms with Crippen molar-refractivity contribution in [3.8, 4) is 0 Å². The van der Waals surface area contributed by atoms with Gasteiger partial charge in [-0.3, -0.25) is 0 Å². The first-order valence-corrected chi connectivity index (χ1v) is 5.04. The van der Waals surface area contributed by atoms with E-state index in [1.165, 1.54) is 0 Å². The van der Waals surface area contributed by atoms with Crippen LogP contribution in [0.25, 0.3) is 0 Å². The summed E-state index contributed by atoms with van der Waals surface area (Å²) in [7, 11) is 0. The fraction of sp³-hybridized carbons (Fsp3) is 0.0909. The molecule has 0 bridgehead atoms. The molecule has 0 amide bonds. The van der Waals surface area contributed by atoms with E-state index in [1.54, 1.807) is 17.3 Å². The topological polar surface area (TPSA) is 27.6 Å². The third-order valence-electron chi connectivity index (χ3n) is 2.08. The average Bonchev–Trinajstić information content (AvgIpc) is 2.40. The molecule has 0 saturated heterocycles. The van der Waals surface area contributed by atoms with Crippen LogP contribution in [0.2, 0.25) is 0 Å². The standard InChI is InChI=1S/C11H11N3S/c1-2-7-14-11(15)13-10-6-4-3-5-9(10)8-12-14/h2-6,8H,1,7H2,(H,13,15). The Morgan fingerprint density at radius 2 is 2.27 bits per heavy atom. The van der Waals surface area contributed by atoms with Crippen LogP contribution in [-0.2, 0) is 0 Å². The quantitative estimate of drug-likeness (QED) is 0.608. The minimum absolute atomic E-state index is 0.594. The highest BCUT2D eigenvalue weighted by molar-refractivity contribution is 7.80. The summed E-state index contributed by atoms with van der Waals surface area (Å²) in [6, 6.07) is 7.90. The maximum absolute atomic E-state index is 5.21. The van der Waals surface area contributed by atoms with Gasteiger partial charge in [-0.05, 0) is 18.3 Å². The van der Waals surface area contributed by atoms with Gasteiger partial charge in [-0.1, -0.05) is 24.3 Å². The van der Waals surface area contributed by atoms with Crippen molar-refractivity contribution in [2.45, 2.75) is 0 Å². The molecule has 0 aliphatic carbocycles. The molecule has 0 atom stereocenters. The van der Waals surface area contributed by atoms with E-state index in [0.29, 0.717) is 11.7 Å². The zero-order valence-corrected chi connectivity index (χ0v) is 9.00. The van der Waals surface area contributed by atoms with Gasteiger partial charge in [0.05, 0.1) is 12.8 Å². The first kappa shape index (κ1) is 9.86. The molecule has 0 saturated carbocycles. The fourth-order valence-electron chi connectivity index (χ4n) is 1.34. The summed E-state index contributed by atoms with van der Waals surface area (Å²) in [4.78, 5) is 0. The Labute approximate surface area is 94.1 Å². The summed E-state index contributed by atoms with van der Waals surface area (Å²) in [5.41, 5.74) is 2.02. The van der Waals surface area contributed by atoms with Gasteiger partial charge in [0.25, 0.3) is 0 Å². The number of fused-ring (bicyclic) bond motifs is 1. The molecule has 1 aliphatic heterocycles. The molecule has 2 rings (SSSR count). The number of thiocarbonyl (C=S) groups is 1. The Balaban J connectivity index is 2.32. The number of rotatable bonds is 2. The smallest absolute Gasteiger partial charge is 0.194 e. The molecule has 1 N–H and O–H groups in total. The van der Waals surface area contributed by atoms with Crippen molar-refractivity contribution < 1.29 is 0 Å². The van der Waals surface area contributed by atoms with Crippen molar-refractivity contribution in [3.05, 3.63) is 42.5 Å². The third-order valence-corrected chi connectivity index (χ3v) is 2.39. The van der Waals surface area contributed by atoms with Gasteiger partial charge in [0.2, 0.25) is 0 Å². The molecule has 0 fully saturated rings. The molecule has 1 heterocycles. The molecule has 0 unspecified atom stereocenters. The van der Waals surface area contributed by atoms with Gasteiger partial charge in [0.15, 0.2) is 5.11 Å². The normalized spacial score (nSPS) is 14.1. The molecule has 0 radical (unpaired) electrons. The number of anilines is 1. The molecule has 4 heteroatoms. The summed E-state index contributed by atoms with van der Waals surface area (Å²) in [6.45, 7) is 4.27. The highest BCUT2D eigenvalue weighted by Gasteiger charge is 2.11. The molecule has 0 aromatic heterocycles. The summed E-state index contributed by atoms with van der Waals surface area (Å²) < 4.78 is 0. The van der Waals surface area contributed by atoms with Gasteiger partial charge in [-0.15, -0.1) is 6.58 Å². The first-order chi connectivity index (χ1) is 7.31. The Hall–Kier alpha value is -1.68. The van der Waals surface area contributed by atoms with Crippen LogP contribution >= 0.6 is 12.2 Å². The number of hydrogen-bond acceptors (Lipinski definition) is 2. The lowest BCUT2D eigenvalue weighted by molar-refractivity contribution is 0.507. The van der Waals surface area contributed by atoms with Crippen molar-refractivity contribution in [2.24, 2.45) is 5.10 Å². The summed E-state index contributed by atoms with van der Waals surface area (Å²) in [6.07, 6.45) is 3.56. The summed E-state index contributed by atoms with van der Waals surface area (Å²) in [5, 5.41) is 9.70. The second-order valence-corrected chi connectivity index (χ2v) is 3.52. The van der Waals surface area contributed by atoms with Crippen molar-refractivity contribution in [1.82, 2.24) is 5.01 Å². The van der Waals surface area contributed by atoms with E-state index in [2.05, 4.69) is 17.0 Å². The van der Waals surface area contributed by atoms with Crippen LogP contribution in [0.4, 0.5) is 5.69 Å². The largest absolute Gasteiger partial charge is 0.331 e. The molecule has 1 aliphatic rings. The zero-order valence-electron chi connectivity index (χ0n) is 8.18. The van der Waals surface area contributed by atoms with E-state index < -0.39 is 0 Å². The number of nitrogens with zero attached hydrogens (tertiary/aromatic N) is 2. The molecule has 0 spiro atoms. The van der Waals surface area contributed by atoms with Crippen molar-refractivity contribution in [1.29, 1.82) is 0 Å². The summed E-state index contributed by atoms with van der Waals surface area (Å²) in [5.74, 6) is 0. The molecule has 15 heavy (non-hydrogen) atoms. The van der Waals surface area contributed by atoms with Crippen LogP contribution in [0.15, 0.2) is 42.0 Å². The molecule has 3 nitrogen and oxygen atoms in total. The van der Waals surface area contributed by atoms with Gasteiger partial charge in [0.1, 0.15) is 0 Å². The van der Waals surface area contributed by atoms with Gasteiger partial charge in [0, 0.05) is 11.3 Å². The molecule has 1 aromatic carbocycles. The second kappa shape index (κ2) is 4.23. The molecular weight excluding hydrogens is 206 g/mol. The van der Waals surface area contributed by atoms with Crippen molar-refractivity contribution in [2.75, 3.05) is 11.9 Å². The summed E-state index contributed by atoms with van der Waals surface area (Å²) >= 11 is 5.21. The van der Waals surface area contributed by atoms with E-state index in [0.717, 1.165) is 11.3 Å². The number of hydrazone groups is 1. The number of para-hydroxylation sites is 1. The fourth-order valence-corrected chi connectivity index (χ4v) is 1.57. The number of nitrogens with one attached hydrogen (secondary N) is 1. The maximum Gasteiger partial charge on any atom is 0.194 e. The lowest BCUT2D eigenvalue weighted by Crippen LogP contribution is -2.29. The third kappa shape index (κ3) is 2.05. The van der Waals surface area contributed by atoms with E-state index in [9.17, 15) is 0 Å². The van der Waals surface area contributed by atoms with Crippen molar-refractivity contribution >= 4 is 29.2 Å². The van der Waals surface area contributed by atoms with E-state index in [4.69, 9.17) is 12.2 Å². The number of benzene rings is 1. The lowest BCUT2D eigenvalue weighted by atomic mass is 10.2. The minimum atomic E-state index is 0.594. The predicted octanol–water partition coefficient (Wildman–Crippen LogP) is 2.22. The Kier molecular flexibility index (Phi) is 2.78. The lowest BCUT2D eigenvalue weighted by Gasteiger charge is -2.16. The van der Waals surface area contributed by atoms with E-state index in [-0.39, 0.29) is 0 Å².